The zero-order chi connectivity index (χ0) is 21.8. The molecule has 0 aliphatic rings. The largest absolute Gasteiger partial charge is 0.435 e. The van der Waals surface area contributed by atoms with Gasteiger partial charge in [0, 0.05) is 18.2 Å². The van der Waals surface area contributed by atoms with Crippen molar-refractivity contribution in [1.82, 2.24) is 14.8 Å². The molecule has 0 spiro atoms. The first-order chi connectivity index (χ1) is 13.6. The van der Waals surface area contributed by atoms with E-state index in [1.165, 1.54) is 31.3 Å². The number of carbonyl (C=O) groups excluding carboxylic acids is 1. The lowest BCUT2D eigenvalue weighted by Crippen LogP contribution is -2.13. The highest BCUT2D eigenvalue weighted by molar-refractivity contribution is 6.03. The summed E-state index contributed by atoms with van der Waals surface area (Å²) in [6, 6.07) is 8.57. The zero-order valence-corrected chi connectivity index (χ0v) is 15.9. The van der Waals surface area contributed by atoms with Crippen LogP contribution in [0.15, 0.2) is 42.5 Å². The fraction of sp³-hybridized carbons (Fsp3) is 0.211. The SMILES string of the molecule is CC.Cn1nc(C(F)(F)F)cc1-c1ccc(NC(=O)c2ccc(F)cc2)nc1N. The minimum Gasteiger partial charge on any atom is -0.383 e. The fourth-order valence-electron chi connectivity index (χ4n) is 2.41. The normalized spacial score (nSPS) is 10.9. The second kappa shape index (κ2) is 8.72. The molecular formula is C19H19F4N5O. The zero-order valence-electron chi connectivity index (χ0n) is 15.9. The Labute approximate surface area is 164 Å². The maximum absolute atomic E-state index is 12.9. The highest BCUT2D eigenvalue weighted by Crippen LogP contribution is 2.33. The molecule has 10 heteroatoms. The quantitative estimate of drug-likeness (QED) is 0.624. The molecule has 2 aromatic heterocycles. The van der Waals surface area contributed by atoms with Crippen molar-refractivity contribution >= 4 is 17.5 Å². The van der Waals surface area contributed by atoms with Gasteiger partial charge in [0.1, 0.15) is 17.5 Å². The molecule has 6 nitrogen and oxygen atoms in total. The van der Waals surface area contributed by atoms with Crippen LogP contribution in [0, 0.1) is 5.82 Å². The summed E-state index contributed by atoms with van der Waals surface area (Å²) in [5.74, 6) is -0.991. The van der Waals surface area contributed by atoms with Crippen molar-refractivity contribution in [2.24, 2.45) is 7.05 Å². The average Bonchev–Trinajstić information content (AvgIpc) is 3.06. The van der Waals surface area contributed by atoms with Crippen molar-refractivity contribution in [3.05, 3.63) is 59.5 Å². The Morgan fingerprint density at radius 3 is 2.24 bits per heavy atom. The van der Waals surface area contributed by atoms with E-state index in [1.54, 1.807) is 0 Å². The number of carbonyl (C=O) groups is 1. The van der Waals surface area contributed by atoms with E-state index < -0.39 is 23.6 Å². The molecule has 1 aromatic carbocycles. The second-order valence-electron chi connectivity index (χ2n) is 5.63. The van der Waals surface area contributed by atoms with Gasteiger partial charge in [0.2, 0.25) is 0 Å². The van der Waals surface area contributed by atoms with E-state index in [0.717, 1.165) is 22.9 Å². The number of amides is 1. The van der Waals surface area contributed by atoms with Crippen LogP contribution in [0.1, 0.15) is 29.9 Å². The molecule has 0 saturated heterocycles. The Kier molecular flexibility index (Phi) is 6.57. The maximum Gasteiger partial charge on any atom is 0.435 e. The lowest BCUT2D eigenvalue weighted by molar-refractivity contribution is -0.141. The van der Waals surface area contributed by atoms with Gasteiger partial charge in [-0.25, -0.2) is 9.37 Å². The number of nitrogens with zero attached hydrogens (tertiary/aromatic N) is 3. The van der Waals surface area contributed by atoms with Crippen molar-refractivity contribution in [3.63, 3.8) is 0 Å². The molecule has 0 atom stereocenters. The lowest BCUT2D eigenvalue weighted by atomic mass is 10.1. The number of hydrogen-bond donors (Lipinski definition) is 2. The van der Waals surface area contributed by atoms with E-state index >= 15 is 0 Å². The number of halogens is 4. The summed E-state index contributed by atoms with van der Waals surface area (Å²) < 4.78 is 52.3. The molecule has 3 N–H and O–H groups in total. The maximum atomic E-state index is 12.9. The van der Waals surface area contributed by atoms with Crippen LogP contribution in [0.3, 0.4) is 0 Å². The van der Waals surface area contributed by atoms with E-state index in [4.69, 9.17) is 5.73 Å². The summed E-state index contributed by atoms with van der Waals surface area (Å²) in [7, 11) is 1.36. The smallest absolute Gasteiger partial charge is 0.383 e. The number of hydrogen-bond acceptors (Lipinski definition) is 4. The molecule has 29 heavy (non-hydrogen) atoms. The first kappa shape index (κ1) is 21.9. The molecular weight excluding hydrogens is 390 g/mol. The second-order valence-corrected chi connectivity index (χ2v) is 5.63. The molecule has 0 aliphatic carbocycles. The number of rotatable bonds is 3. The van der Waals surface area contributed by atoms with Gasteiger partial charge >= 0.3 is 6.18 Å². The highest BCUT2D eigenvalue weighted by Gasteiger charge is 2.35. The number of alkyl halides is 3. The van der Waals surface area contributed by atoms with Gasteiger partial charge in [0.05, 0.1) is 5.69 Å². The van der Waals surface area contributed by atoms with Crippen LogP contribution in [0.4, 0.5) is 29.2 Å². The summed E-state index contributed by atoms with van der Waals surface area (Å²) in [5, 5.41) is 5.91. The number of benzene rings is 1. The Bertz CT molecular complexity index is 997. The molecule has 3 aromatic rings. The number of pyridine rings is 1. The van der Waals surface area contributed by atoms with Gasteiger partial charge < -0.3 is 11.1 Å². The van der Waals surface area contributed by atoms with Crippen LogP contribution in [-0.2, 0) is 13.2 Å². The number of nitrogen functional groups attached to an aromatic ring is 1. The van der Waals surface area contributed by atoms with Crippen molar-refractivity contribution in [2.45, 2.75) is 20.0 Å². The van der Waals surface area contributed by atoms with E-state index in [1.807, 2.05) is 13.8 Å². The summed E-state index contributed by atoms with van der Waals surface area (Å²) in [5.41, 5.74) is 5.37. The van der Waals surface area contributed by atoms with E-state index in [-0.39, 0.29) is 28.5 Å². The highest BCUT2D eigenvalue weighted by atomic mass is 19.4. The van der Waals surface area contributed by atoms with Crippen molar-refractivity contribution < 1.29 is 22.4 Å². The lowest BCUT2D eigenvalue weighted by Gasteiger charge is -2.09. The number of nitrogens with one attached hydrogen (secondary N) is 1. The first-order valence-corrected chi connectivity index (χ1v) is 8.60. The Morgan fingerprint density at radius 2 is 1.72 bits per heavy atom. The average molecular weight is 409 g/mol. The third-order valence-electron chi connectivity index (χ3n) is 3.72. The van der Waals surface area contributed by atoms with Crippen molar-refractivity contribution in [2.75, 3.05) is 11.1 Å². The van der Waals surface area contributed by atoms with Crippen LogP contribution >= 0.6 is 0 Å². The van der Waals surface area contributed by atoms with Crippen LogP contribution in [0.2, 0.25) is 0 Å². The summed E-state index contributed by atoms with van der Waals surface area (Å²) in [4.78, 5) is 16.1. The molecule has 0 aliphatic heterocycles. The number of anilines is 2. The van der Waals surface area contributed by atoms with Crippen molar-refractivity contribution in [1.29, 1.82) is 0 Å². The topological polar surface area (TPSA) is 85.8 Å². The van der Waals surface area contributed by atoms with Crippen LogP contribution < -0.4 is 11.1 Å². The standard InChI is InChI=1S/C17H13F4N5O.C2H6/c1-26-12(8-13(25-26)17(19,20)21)11-6-7-14(23-15(11)22)24-16(27)9-2-4-10(18)5-3-9;1-2/h2-8H,1H3,(H3,22,23,24,27);1-2H3. The van der Waals surface area contributed by atoms with E-state index in [9.17, 15) is 22.4 Å². The fourth-order valence-corrected chi connectivity index (χ4v) is 2.41. The Morgan fingerprint density at radius 1 is 1.10 bits per heavy atom. The van der Waals surface area contributed by atoms with Crippen molar-refractivity contribution in [3.8, 4) is 11.3 Å². The van der Waals surface area contributed by atoms with Gasteiger partial charge in [-0.1, -0.05) is 13.8 Å². The molecule has 3 rings (SSSR count). The first-order valence-electron chi connectivity index (χ1n) is 8.60. The summed E-state index contributed by atoms with van der Waals surface area (Å²) >= 11 is 0. The van der Waals surface area contributed by atoms with Gasteiger partial charge in [-0.3, -0.25) is 9.48 Å². The summed E-state index contributed by atoms with van der Waals surface area (Å²) in [6.07, 6.45) is -4.58. The van der Waals surface area contributed by atoms with Crippen LogP contribution in [0.25, 0.3) is 11.3 Å². The van der Waals surface area contributed by atoms with Crippen LogP contribution in [0.5, 0.6) is 0 Å². The molecule has 0 bridgehead atoms. The van der Waals surface area contributed by atoms with Gasteiger partial charge in [0.15, 0.2) is 5.69 Å². The predicted octanol–water partition coefficient (Wildman–Crippen LogP) is 4.50. The molecule has 0 saturated carbocycles. The molecule has 0 unspecified atom stereocenters. The number of aryl methyl sites for hydroxylation is 1. The minimum absolute atomic E-state index is 0.0800. The Balaban J connectivity index is 0.00000145. The van der Waals surface area contributed by atoms with E-state index in [0.29, 0.717) is 0 Å². The van der Waals surface area contributed by atoms with E-state index in [2.05, 4.69) is 15.4 Å². The molecule has 154 valence electrons. The molecule has 0 fully saturated rings. The molecule has 0 radical (unpaired) electrons. The van der Waals surface area contributed by atoms with Gasteiger partial charge in [-0.15, -0.1) is 0 Å². The van der Waals surface area contributed by atoms with Gasteiger partial charge in [-0.05, 0) is 42.5 Å². The third kappa shape index (κ3) is 5.09. The number of nitrogens with two attached hydrogens (primary N) is 1. The number of aromatic nitrogens is 3. The van der Waals surface area contributed by atoms with Gasteiger partial charge in [0.25, 0.3) is 5.91 Å². The Hall–Kier alpha value is -3.43. The predicted molar refractivity (Wildman–Crippen MR) is 102 cm³/mol. The molecule has 2 heterocycles. The van der Waals surface area contributed by atoms with Crippen LogP contribution in [-0.4, -0.2) is 20.7 Å². The van der Waals surface area contributed by atoms with Gasteiger partial charge in [-0.2, -0.15) is 18.3 Å². The minimum atomic E-state index is -4.58. The third-order valence-corrected chi connectivity index (χ3v) is 3.72. The molecule has 1 amide bonds. The summed E-state index contributed by atoms with van der Waals surface area (Å²) in [6.45, 7) is 4.00. The monoisotopic (exact) mass is 409 g/mol.